The fourth-order valence-corrected chi connectivity index (χ4v) is 3.49. The molecular weight excluding hydrogens is 424 g/mol. The molecule has 32 heavy (non-hydrogen) atoms. The molecule has 0 bridgehead atoms. The molecule has 10 nitrogen and oxygen atoms in total. The van der Waals surface area contributed by atoms with E-state index in [0.717, 1.165) is 16.5 Å². The van der Waals surface area contributed by atoms with Crippen LogP contribution in [0.1, 0.15) is 33.0 Å². The first-order chi connectivity index (χ1) is 15.3. The number of rotatable bonds is 6. The Labute approximate surface area is 180 Å². The summed E-state index contributed by atoms with van der Waals surface area (Å²) in [5.41, 5.74) is 0.287. The van der Waals surface area contributed by atoms with Crippen LogP contribution in [0, 0.1) is 0 Å². The van der Waals surface area contributed by atoms with Gasteiger partial charge in [0.25, 0.3) is 23.3 Å². The highest BCUT2D eigenvalue weighted by Crippen LogP contribution is 2.33. The Balaban J connectivity index is 1.43. The first-order valence-corrected chi connectivity index (χ1v) is 9.77. The summed E-state index contributed by atoms with van der Waals surface area (Å²) in [6.45, 7) is -0.560. The summed E-state index contributed by atoms with van der Waals surface area (Å²) in [5.74, 6) is -4.27. The van der Waals surface area contributed by atoms with Gasteiger partial charge in [-0.05, 0) is 11.6 Å². The van der Waals surface area contributed by atoms with Crippen molar-refractivity contribution in [2.45, 2.75) is 31.5 Å². The van der Waals surface area contributed by atoms with Crippen molar-refractivity contribution in [1.82, 2.24) is 35.4 Å². The molecule has 0 saturated carbocycles. The maximum Gasteiger partial charge on any atom is 0.274 e. The summed E-state index contributed by atoms with van der Waals surface area (Å²) >= 11 is 0. The van der Waals surface area contributed by atoms with Gasteiger partial charge in [-0.25, -0.2) is 18.6 Å². The molecule has 0 aliphatic carbocycles. The van der Waals surface area contributed by atoms with Crippen LogP contribution >= 0.6 is 0 Å². The highest BCUT2D eigenvalue weighted by Gasteiger charge is 2.47. The first kappa shape index (κ1) is 21.3. The zero-order valence-electron chi connectivity index (χ0n) is 16.7. The molecule has 1 fully saturated rings. The van der Waals surface area contributed by atoms with E-state index in [4.69, 9.17) is 0 Å². The molecule has 0 radical (unpaired) electrons. The molecule has 1 aromatic carbocycles. The fraction of sp³-hybridized carbons (Fsp3) is 0.300. The third kappa shape index (κ3) is 4.85. The van der Waals surface area contributed by atoms with Crippen LogP contribution in [0.25, 0.3) is 0 Å². The molecule has 12 heteroatoms. The van der Waals surface area contributed by atoms with Crippen molar-refractivity contribution in [2.75, 3.05) is 6.54 Å². The number of amides is 2. The Bertz CT molecular complexity index is 1160. The molecule has 3 heterocycles. The lowest BCUT2D eigenvalue weighted by atomic mass is 10.2. The number of carbonyl (C=O) groups excluding carboxylic acids is 2. The van der Waals surface area contributed by atoms with Crippen LogP contribution in [-0.2, 0) is 13.1 Å². The Hall–Kier alpha value is -3.96. The molecular formula is C20H19F2N7O3. The van der Waals surface area contributed by atoms with Gasteiger partial charge in [-0.1, -0.05) is 35.5 Å². The molecule has 1 saturated heterocycles. The number of nitrogens with one attached hydrogen (secondary N) is 2. The average Bonchev–Trinajstić information content (AvgIpc) is 3.36. The minimum atomic E-state index is -3.08. The van der Waals surface area contributed by atoms with E-state index in [1.54, 1.807) is 0 Å². The van der Waals surface area contributed by atoms with Crippen molar-refractivity contribution in [1.29, 1.82) is 0 Å². The van der Waals surface area contributed by atoms with Crippen LogP contribution in [-0.4, -0.2) is 60.4 Å². The lowest BCUT2D eigenvalue weighted by Crippen LogP contribution is -2.39. The number of benzene rings is 1. The second-order valence-corrected chi connectivity index (χ2v) is 7.45. The van der Waals surface area contributed by atoms with Crippen molar-refractivity contribution < 1.29 is 18.4 Å². The summed E-state index contributed by atoms with van der Waals surface area (Å²) in [7, 11) is 0. The molecule has 4 rings (SSSR count). The van der Waals surface area contributed by atoms with E-state index in [1.165, 1.54) is 16.9 Å². The van der Waals surface area contributed by atoms with Gasteiger partial charge in [-0.3, -0.25) is 14.4 Å². The second-order valence-electron chi connectivity index (χ2n) is 7.45. The number of carbonyl (C=O) groups is 2. The van der Waals surface area contributed by atoms with Crippen LogP contribution < -0.4 is 10.9 Å². The minimum Gasteiger partial charge on any atom is -0.347 e. The number of aromatic amines is 1. The standard InChI is InChI=1S/C20H19F2N7O3/c21-20(22)8-14(29(12-20)19(32)15-6-7-17(30)26-24-15)10-28-11-16(25-27-28)18(31)23-9-13-4-2-1-3-5-13/h1-7,11,14H,8-10,12H2,(H,23,31)(H,26,30)/t14-/m0/s1. The summed E-state index contributed by atoms with van der Waals surface area (Å²) in [5, 5.41) is 16.1. The maximum absolute atomic E-state index is 14.1. The summed E-state index contributed by atoms with van der Waals surface area (Å²) < 4.78 is 29.5. The quantitative estimate of drug-likeness (QED) is 0.582. The van der Waals surface area contributed by atoms with E-state index in [9.17, 15) is 23.2 Å². The molecule has 0 spiro atoms. The van der Waals surface area contributed by atoms with Gasteiger partial charge in [0, 0.05) is 19.0 Å². The number of hydrogen-bond acceptors (Lipinski definition) is 6. The number of nitrogens with zero attached hydrogens (tertiary/aromatic N) is 5. The van der Waals surface area contributed by atoms with Crippen molar-refractivity contribution in [3.05, 3.63) is 76.0 Å². The zero-order valence-corrected chi connectivity index (χ0v) is 16.7. The van der Waals surface area contributed by atoms with Crippen molar-refractivity contribution in [3.63, 3.8) is 0 Å². The summed E-state index contributed by atoms with van der Waals surface area (Å²) in [6, 6.07) is 10.7. The van der Waals surface area contributed by atoms with Gasteiger partial charge in [-0.15, -0.1) is 5.10 Å². The van der Waals surface area contributed by atoms with E-state index in [0.29, 0.717) is 6.54 Å². The van der Waals surface area contributed by atoms with E-state index >= 15 is 0 Å². The molecule has 3 aromatic rings. The first-order valence-electron chi connectivity index (χ1n) is 9.77. The number of alkyl halides is 2. The molecule has 166 valence electrons. The molecule has 0 unspecified atom stereocenters. The van der Waals surface area contributed by atoms with Gasteiger partial charge in [0.1, 0.15) is 5.69 Å². The molecule has 1 atom stereocenters. The number of hydrogen-bond donors (Lipinski definition) is 2. The van der Waals surface area contributed by atoms with Crippen LogP contribution in [0.2, 0.25) is 0 Å². The van der Waals surface area contributed by atoms with E-state index in [2.05, 4.69) is 25.8 Å². The molecule has 1 aliphatic rings. The lowest BCUT2D eigenvalue weighted by molar-refractivity contribution is 0.0116. The maximum atomic E-state index is 14.1. The lowest BCUT2D eigenvalue weighted by Gasteiger charge is -2.23. The number of likely N-dealkylation sites (tertiary alicyclic amines) is 1. The summed E-state index contributed by atoms with van der Waals surface area (Å²) in [4.78, 5) is 37.1. The monoisotopic (exact) mass is 443 g/mol. The topological polar surface area (TPSA) is 126 Å². The molecule has 1 aliphatic heterocycles. The average molecular weight is 443 g/mol. The highest BCUT2D eigenvalue weighted by molar-refractivity contribution is 5.92. The molecule has 2 aromatic heterocycles. The Kier molecular flexibility index (Phi) is 5.75. The van der Waals surface area contributed by atoms with Crippen LogP contribution in [0.15, 0.2) is 53.5 Å². The van der Waals surface area contributed by atoms with E-state index in [-0.39, 0.29) is 17.9 Å². The van der Waals surface area contributed by atoms with Crippen LogP contribution in [0.4, 0.5) is 8.78 Å². The third-order valence-corrected chi connectivity index (χ3v) is 5.00. The third-order valence-electron chi connectivity index (χ3n) is 5.00. The van der Waals surface area contributed by atoms with Gasteiger partial charge in [-0.2, -0.15) is 5.10 Å². The zero-order chi connectivity index (χ0) is 22.7. The predicted molar refractivity (Wildman–Crippen MR) is 107 cm³/mol. The van der Waals surface area contributed by atoms with Crippen molar-refractivity contribution in [3.8, 4) is 0 Å². The van der Waals surface area contributed by atoms with Gasteiger partial charge in [0.15, 0.2) is 5.69 Å². The Morgan fingerprint density at radius 1 is 1.16 bits per heavy atom. The van der Waals surface area contributed by atoms with E-state index < -0.39 is 42.3 Å². The largest absolute Gasteiger partial charge is 0.347 e. The minimum absolute atomic E-state index is 0.0332. The van der Waals surface area contributed by atoms with Crippen LogP contribution in [0.3, 0.4) is 0 Å². The highest BCUT2D eigenvalue weighted by atomic mass is 19.3. The van der Waals surface area contributed by atoms with Gasteiger partial charge in [0.05, 0.1) is 25.3 Å². The van der Waals surface area contributed by atoms with Crippen LogP contribution in [0.5, 0.6) is 0 Å². The predicted octanol–water partition coefficient (Wildman–Crippen LogP) is 0.841. The van der Waals surface area contributed by atoms with Gasteiger partial charge < -0.3 is 10.2 Å². The molecule has 2 N–H and O–H groups in total. The van der Waals surface area contributed by atoms with Crippen molar-refractivity contribution >= 4 is 11.8 Å². The fourth-order valence-electron chi connectivity index (χ4n) is 3.49. The Morgan fingerprint density at radius 2 is 1.94 bits per heavy atom. The second kappa shape index (κ2) is 8.65. The number of halogens is 2. The van der Waals surface area contributed by atoms with E-state index in [1.807, 2.05) is 30.3 Å². The van der Waals surface area contributed by atoms with Gasteiger partial charge in [0.2, 0.25) is 0 Å². The smallest absolute Gasteiger partial charge is 0.274 e. The normalized spacial score (nSPS) is 17.3. The SMILES string of the molecule is O=C(NCc1ccccc1)c1cn(C[C@@H]2CC(F)(F)CN2C(=O)c2ccc(=O)[nH]n2)nn1. The van der Waals surface area contributed by atoms with Crippen molar-refractivity contribution in [2.24, 2.45) is 0 Å². The Morgan fingerprint density at radius 3 is 2.66 bits per heavy atom. The molecule has 2 amide bonds. The number of aromatic nitrogens is 5. The number of H-pyrrole nitrogens is 1. The summed E-state index contributed by atoms with van der Waals surface area (Å²) in [6.07, 6.45) is 0.773. The van der Waals surface area contributed by atoms with Gasteiger partial charge >= 0.3 is 0 Å².